The number of methoxy groups -OCH3 is 1. The normalized spacial score (nSPS) is 10.9. The molecule has 166 valence electrons. The zero-order valence-corrected chi connectivity index (χ0v) is 17.9. The third kappa shape index (κ3) is 6.91. The first kappa shape index (κ1) is 23.5. The quantitative estimate of drug-likeness (QED) is 0.348. The molecule has 0 unspecified atom stereocenters. The number of aromatic nitrogens is 2. The van der Waals surface area contributed by atoms with Crippen LogP contribution in [-0.2, 0) is 25.5 Å². The summed E-state index contributed by atoms with van der Waals surface area (Å²) < 4.78 is 15.4. The van der Waals surface area contributed by atoms with Crippen molar-refractivity contribution in [3.05, 3.63) is 46.3 Å². The Morgan fingerprint density at radius 2 is 1.77 bits per heavy atom. The Kier molecular flexibility index (Phi) is 7.46. The molecule has 1 heterocycles. The van der Waals surface area contributed by atoms with E-state index in [1.807, 2.05) is 0 Å². The van der Waals surface area contributed by atoms with Gasteiger partial charge in [0, 0.05) is 7.05 Å². The van der Waals surface area contributed by atoms with Gasteiger partial charge in [-0.15, -0.1) is 0 Å². The van der Waals surface area contributed by atoms with Crippen molar-refractivity contribution >= 4 is 23.4 Å². The second-order valence-corrected chi connectivity index (χ2v) is 7.55. The average Bonchev–Trinajstić information content (AvgIpc) is 2.67. The number of benzene rings is 1. The summed E-state index contributed by atoms with van der Waals surface area (Å²) in [5, 5.41) is 11.7. The fraction of sp³-hybridized carbons (Fsp3) is 0.400. The van der Waals surface area contributed by atoms with Gasteiger partial charge in [0.1, 0.15) is 24.2 Å². The molecule has 0 bridgehead atoms. The van der Waals surface area contributed by atoms with Crippen LogP contribution < -0.4 is 9.64 Å². The van der Waals surface area contributed by atoms with Gasteiger partial charge in [0.2, 0.25) is 5.82 Å². The molecule has 0 saturated heterocycles. The highest BCUT2D eigenvalue weighted by Gasteiger charge is 2.29. The fourth-order valence-electron chi connectivity index (χ4n) is 2.54. The summed E-state index contributed by atoms with van der Waals surface area (Å²) >= 11 is 0. The Labute approximate surface area is 179 Å². The maximum Gasteiger partial charge on any atom is 0.373 e. The van der Waals surface area contributed by atoms with Gasteiger partial charge in [0.15, 0.2) is 0 Å². The summed E-state index contributed by atoms with van der Waals surface area (Å²) in [6.07, 6.45) is 1.19. The smallest absolute Gasteiger partial charge is 0.373 e. The van der Waals surface area contributed by atoms with Gasteiger partial charge in [-0.05, 0) is 38.5 Å². The van der Waals surface area contributed by atoms with E-state index in [9.17, 15) is 19.7 Å². The third-order valence-electron chi connectivity index (χ3n) is 3.81. The summed E-state index contributed by atoms with van der Waals surface area (Å²) in [6, 6.07) is 6.37. The summed E-state index contributed by atoms with van der Waals surface area (Å²) in [6.45, 7) is 4.91. The molecule has 0 N–H and O–H groups in total. The van der Waals surface area contributed by atoms with Gasteiger partial charge >= 0.3 is 23.5 Å². The molecule has 0 radical (unpaired) electrons. The standard InChI is InChI=1S/C20H24N4O7/c1-20(2,3)31-16(26)11-23(4)18-17(24(27)28)19(22-12-21-18)30-14-8-6-13(7-9-14)10-15(25)29-5/h6-9,12H,10-11H2,1-5H3. The van der Waals surface area contributed by atoms with Gasteiger partial charge in [-0.25, -0.2) is 4.98 Å². The molecule has 0 aliphatic heterocycles. The number of nitro groups is 1. The Bertz CT molecular complexity index is 955. The highest BCUT2D eigenvalue weighted by molar-refractivity contribution is 5.77. The summed E-state index contributed by atoms with van der Waals surface area (Å²) in [5.41, 5.74) is -0.495. The molecule has 2 rings (SSSR count). The number of hydrogen-bond donors (Lipinski definition) is 0. The molecule has 0 atom stereocenters. The van der Waals surface area contributed by atoms with E-state index in [1.165, 1.54) is 19.1 Å². The number of carbonyl (C=O) groups excluding carboxylic acids is 2. The van der Waals surface area contributed by atoms with E-state index in [-0.39, 0.29) is 30.4 Å². The van der Waals surface area contributed by atoms with Crippen LogP contribution in [0.3, 0.4) is 0 Å². The van der Waals surface area contributed by atoms with Crippen molar-refractivity contribution < 1.29 is 28.7 Å². The van der Waals surface area contributed by atoms with Crippen molar-refractivity contribution in [2.45, 2.75) is 32.8 Å². The van der Waals surface area contributed by atoms with Crippen LogP contribution in [0.25, 0.3) is 0 Å². The number of anilines is 1. The van der Waals surface area contributed by atoms with Crippen LogP contribution >= 0.6 is 0 Å². The number of rotatable bonds is 8. The monoisotopic (exact) mass is 432 g/mol. The van der Waals surface area contributed by atoms with Crippen LogP contribution in [0.5, 0.6) is 11.6 Å². The molecule has 11 heteroatoms. The van der Waals surface area contributed by atoms with Crippen molar-refractivity contribution in [3.8, 4) is 11.6 Å². The third-order valence-corrected chi connectivity index (χ3v) is 3.81. The Morgan fingerprint density at radius 1 is 1.13 bits per heavy atom. The molecule has 0 aliphatic rings. The van der Waals surface area contributed by atoms with Gasteiger partial charge in [-0.3, -0.25) is 19.7 Å². The molecule has 1 aromatic heterocycles. The van der Waals surface area contributed by atoms with Crippen LogP contribution in [0, 0.1) is 10.1 Å². The first-order chi connectivity index (χ1) is 14.5. The molecule has 0 amide bonds. The summed E-state index contributed by atoms with van der Waals surface area (Å²) in [7, 11) is 2.77. The van der Waals surface area contributed by atoms with Gasteiger partial charge in [-0.1, -0.05) is 12.1 Å². The molecule has 0 aliphatic carbocycles. The van der Waals surface area contributed by atoms with Crippen LogP contribution in [-0.4, -0.2) is 53.1 Å². The summed E-state index contributed by atoms with van der Waals surface area (Å²) in [4.78, 5) is 43.6. The van der Waals surface area contributed by atoms with E-state index >= 15 is 0 Å². The van der Waals surface area contributed by atoms with E-state index in [1.54, 1.807) is 45.0 Å². The number of esters is 2. The molecule has 11 nitrogen and oxygen atoms in total. The number of hydrogen-bond acceptors (Lipinski definition) is 10. The summed E-state index contributed by atoms with van der Waals surface area (Å²) in [5.74, 6) is -1.06. The largest absolute Gasteiger partial charge is 0.469 e. The predicted molar refractivity (Wildman–Crippen MR) is 110 cm³/mol. The highest BCUT2D eigenvalue weighted by Crippen LogP contribution is 2.35. The van der Waals surface area contributed by atoms with Gasteiger partial charge in [0.25, 0.3) is 0 Å². The van der Waals surface area contributed by atoms with E-state index in [2.05, 4.69) is 14.7 Å². The molecule has 0 spiro atoms. The van der Waals surface area contributed by atoms with Crippen LogP contribution in [0.1, 0.15) is 26.3 Å². The van der Waals surface area contributed by atoms with Crippen molar-refractivity contribution in [1.29, 1.82) is 0 Å². The predicted octanol–water partition coefficient (Wildman–Crippen LogP) is 2.67. The molecule has 2 aromatic rings. The Hall–Kier alpha value is -3.76. The molecular formula is C20H24N4O7. The maximum absolute atomic E-state index is 12.1. The van der Waals surface area contributed by atoms with Crippen molar-refractivity contribution in [2.75, 3.05) is 25.6 Å². The lowest BCUT2D eigenvalue weighted by Crippen LogP contribution is -2.33. The molecule has 0 saturated carbocycles. The molecule has 0 fully saturated rings. The number of ether oxygens (including phenoxy) is 3. The first-order valence-electron chi connectivity index (χ1n) is 9.26. The lowest BCUT2D eigenvalue weighted by molar-refractivity contribution is -0.385. The topological polar surface area (TPSA) is 134 Å². The lowest BCUT2D eigenvalue weighted by atomic mass is 10.1. The van der Waals surface area contributed by atoms with Crippen molar-refractivity contribution in [1.82, 2.24) is 9.97 Å². The molecular weight excluding hydrogens is 408 g/mol. The fourth-order valence-corrected chi connectivity index (χ4v) is 2.54. The zero-order valence-electron chi connectivity index (χ0n) is 17.9. The second kappa shape index (κ2) is 9.83. The minimum Gasteiger partial charge on any atom is -0.469 e. The zero-order chi connectivity index (χ0) is 23.2. The molecule has 1 aromatic carbocycles. The van der Waals surface area contributed by atoms with Crippen LogP contribution in [0.15, 0.2) is 30.6 Å². The van der Waals surface area contributed by atoms with Crippen molar-refractivity contribution in [3.63, 3.8) is 0 Å². The van der Waals surface area contributed by atoms with Crippen LogP contribution in [0.4, 0.5) is 11.5 Å². The molecule has 31 heavy (non-hydrogen) atoms. The van der Waals surface area contributed by atoms with Gasteiger partial charge in [-0.2, -0.15) is 4.98 Å². The Morgan fingerprint density at radius 3 is 2.32 bits per heavy atom. The van der Waals surface area contributed by atoms with Gasteiger partial charge < -0.3 is 19.1 Å². The minimum absolute atomic E-state index is 0.0873. The lowest BCUT2D eigenvalue weighted by Gasteiger charge is -2.23. The maximum atomic E-state index is 12.1. The van der Waals surface area contributed by atoms with Crippen LogP contribution in [0.2, 0.25) is 0 Å². The average molecular weight is 432 g/mol. The Balaban J connectivity index is 2.24. The minimum atomic E-state index is -0.691. The van der Waals surface area contributed by atoms with E-state index in [0.717, 1.165) is 6.33 Å². The number of nitrogens with zero attached hydrogens (tertiary/aromatic N) is 4. The van der Waals surface area contributed by atoms with E-state index in [0.29, 0.717) is 5.56 Å². The number of carbonyl (C=O) groups is 2. The van der Waals surface area contributed by atoms with Crippen molar-refractivity contribution in [2.24, 2.45) is 0 Å². The first-order valence-corrected chi connectivity index (χ1v) is 9.26. The van der Waals surface area contributed by atoms with E-state index in [4.69, 9.17) is 9.47 Å². The highest BCUT2D eigenvalue weighted by atomic mass is 16.6. The number of likely N-dealkylation sites (N-methyl/N-ethyl adjacent to an activating group) is 1. The van der Waals surface area contributed by atoms with E-state index < -0.39 is 28.2 Å². The SMILES string of the molecule is COC(=O)Cc1ccc(Oc2ncnc(N(C)CC(=O)OC(C)(C)C)c2[N+](=O)[O-])cc1. The second-order valence-electron chi connectivity index (χ2n) is 7.55. The van der Waals surface area contributed by atoms with Gasteiger partial charge in [0.05, 0.1) is 18.5 Å².